The highest BCUT2D eigenvalue weighted by Gasteiger charge is 2.26. The van der Waals surface area contributed by atoms with Crippen LogP contribution in [0.5, 0.6) is 0 Å². The summed E-state index contributed by atoms with van der Waals surface area (Å²) in [6.45, 7) is 6.82. The summed E-state index contributed by atoms with van der Waals surface area (Å²) in [7, 11) is 0. The molecule has 18 heavy (non-hydrogen) atoms. The van der Waals surface area contributed by atoms with Crippen LogP contribution < -0.4 is 5.32 Å². The van der Waals surface area contributed by atoms with Gasteiger partial charge in [-0.15, -0.1) is 0 Å². The van der Waals surface area contributed by atoms with E-state index in [0.717, 1.165) is 31.0 Å². The number of rotatable bonds is 6. The number of hydrogen-bond donors (Lipinski definition) is 1. The molecule has 106 valence electrons. The Labute approximate surface area is 113 Å². The number of ether oxygens (including phenoxy) is 1. The van der Waals surface area contributed by atoms with E-state index in [4.69, 9.17) is 4.74 Å². The third-order valence-corrected chi connectivity index (χ3v) is 4.68. The lowest BCUT2D eigenvalue weighted by molar-refractivity contribution is 0.0188. The summed E-state index contributed by atoms with van der Waals surface area (Å²) in [4.78, 5) is 0. The van der Waals surface area contributed by atoms with Crippen LogP contribution in [-0.4, -0.2) is 25.3 Å². The van der Waals surface area contributed by atoms with Gasteiger partial charge in [0.15, 0.2) is 0 Å². The summed E-state index contributed by atoms with van der Waals surface area (Å²) in [6.07, 6.45) is 11.2. The minimum Gasteiger partial charge on any atom is -0.378 e. The van der Waals surface area contributed by atoms with E-state index in [2.05, 4.69) is 19.2 Å². The molecule has 2 rings (SSSR count). The summed E-state index contributed by atoms with van der Waals surface area (Å²) < 4.78 is 6.16. The van der Waals surface area contributed by atoms with E-state index >= 15 is 0 Å². The molecule has 2 aliphatic carbocycles. The molecule has 4 unspecified atom stereocenters. The Morgan fingerprint density at radius 2 is 2.00 bits per heavy atom. The van der Waals surface area contributed by atoms with Crippen LogP contribution in [0.2, 0.25) is 0 Å². The van der Waals surface area contributed by atoms with Crippen LogP contribution >= 0.6 is 0 Å². The van der Waals surface area contributed by atoms with Crippen molar-refractivity contribution in [2.24, 2.45) is 11.8 Å². The van der Waals surface area contributed by atoms with Crippen LogP contribution in [0.15, 0.2) is 0 Å². The predicted octanol–water partition coefficient (Wildman–Crippen LogP) is 3.75. The zero-order valence-electron chi connectivity index (χ0n) is 12.3. The molecule has 1 N–H and O–H groups in total. The average molecular weight is 253 g/mol. The molecule has 0 saturated heterocycles. The van der Waals surface area contributed by atoms with E-state index in [1.807, 2.05) is 0 Å². The SMILES string of the molecule is CCCNC1CCC(OCC2CCCC(C)C2)C1. The monoisotopic (exact) mass is 253 g/mol. The predicted molar refractivity (Wildman–Crippen MR) is 76.8 cm³/mol. The maximum atomic E-state index is 6.16. The minimum absolute atomic E-state index is 0.539. The van der Waals surface area contributed by atoms with Crippen LogP contribution in [0.1, 0.15) is 65.2 Å². The second kappa shape index (κ2) is 7.49. The van der Waals surface area contributed by atoms with E-state index in [-0.39, 0.29) is 0 Å². The Kier molecular flexibility index (Phi) is 5.97. The Hall–Kier alpha value is -0.0800. The highest BCUT2D eigenvalue weighted by Crippen LogP contribution is 2.30. The Bertz CT molecular complexity index is 231. The first-order valence-corrected chi connectivity index (χ1v) is 8.13. The van der Waals surface area contributed by atoms with Crippen molar-refractivity contribution in [1.82, 2.24) is 5.32 Å². The first-order chi connectivity index (χ1) is 8.78. The fraction of sp³-hybridized carbons (Fsp3) is 1.00. The molecule has 2 saturated carbocycles. The van der Waals surface area contributed by atoms with Gasteiger partial charge in [0.25, 0.3) is 0 Å². The molecule has 0 heterocycles. The molecule has 0 aromatic rings. The molecule has 0 radical (unpaired) electrons. The van der Waals surface area contributed by atoms with Crippen molar-refractivity contribution < 1.29 is 4.74 Å². The van der Waals surface area contributed by atoms with Gasteiger partial charge in [-0.05, 0) is 56.9 Å². The summed E-state index contributed by atoms with van der Waals surface area (Å²) in [5.74, 6) is 1.77. The minimum atomic E-state index is 0.539. The lowest BCUT2D eigenvalue weighted by Gasteiger charge is -2.27. The molecule has 4 atom stereocenters. The van der Waals surface area contributed by atoms with Crippen molar-refractivity contribution in [3.63, 3.8) is 0 Å². The highest BCUT2D eigenvalue weighted by atomic mass is 16.5. The van der Waals surface area contributed by atoms with Gasteiger partial charge in [-0.25, -0.2) is 0 Å². The van der Waals surface area contributed by atoms with Gasteiger partial charge in [0, 0.05) is 12.6 Å². The third-order valence-electron chi connectivity index (χ3n) is 4.68. The fourth-order valence-corrected chi connectivity index (χ4v) is 3.61. The van der Waals surface area contributed by atoms with Gasteiger partial charge < -0.3 is 10.1 Å². The third kappa shape index (κ3) is 4.55. The van der Waals surface area contributed by atoms with E-state index < -0.39 is 0 Å². The zero-order chi connectivity index (χ0) is 12.8. The van der Waals surface area contributed by atoms with Gasteiger partial charge in [-0.2, -0.15) is 0 Å². The van der Waals surface area contributed by atoms with Crippen LogP contribution in [0.25, 0.3) is 0 Å². The van der Waals surface area contributed by atoms with Gasteiger partial charge in [0.05, 0.1) is 6.10 Å². The Morgan fingerprint density at radius 1 is 1.11 bits per heavy atom. The molecule has 2 aliphatic rings. The van der Waals surface area contributed by atoms with Gasteiger partial charge in [0.1, 0.15) is 0 Å². The van der Waals surface area contributed by atoms with Crippen molar-refractivity contribution in [2.75, 3.05) is 13.2 Å². The maximum absolute atomic E-state index is 6.16. The second-order valence-electron chi connectivity index (χ2n) is 6.56. The molecule has 2 nitrogen and oxygen atoms in total. The molecule has 2 fully saturated rings. The Balaban J connectivity index is 1.59. The van der Waals surface area contributed by atoms with Crippen molar-refractivity contribution in [1.29, 1.82) is 0 Å². The Morgan fingerprint density at radius 3 is 2.78 bits per heavy atom. The number of hydrogen-bond acceptors (Lipinski definition) is 2. The summed E-state index contributed by atoms with van der Waals surface area (Å²) in [5, 5.41) is 3.63. The molecule has 0 amide bonds. The normalized spacial score (nSPS) is 37.0. The molecule has 0 spiro atoms. The molecule has 0 aromatic carbocycles. The molecular weight excluding hydrogens is 222 g/mol. The smallest absolute Gasteiger partial charge is 0.0590 e. The van der Waals surface area contributed by atoms with Gasteiger partial charge >= 0.3 is 0 Å². The lowest BCUT2D eigenvalue weighted by atomic mass is 9.83. The van der Waals surface area contributed by atoms with E-state index in [0.29, 0.717) is 6.10 Å². The van der Waals surface area contributed by atoms with Crippen LogP contribution in [0.3, 0.4) is 0 Å². The highest BCUT2D eigenvalue weighted by molar-refractivity contribution is 4.81. The first kappa shape index (κ1) is 14.3. The van der Waals surface area contributed by atoms with Gasteiger partial charge in [-0.3, -0.25) is 0 Å². The van der Waals surface area contributed by atoms with Crippen molar-refractivity contribution in [3.05, 3.63) is 0 Å². The summed E-state index contributed by atoms with van der Waals surface area (Å²) in [5.41, 5.74) is 0. The van der Waals surface area contributed by atoms with Crippen LogP contribution in [0.4, 0.5) is 0 Å². The topological polar surface area (TPSA) is 21.3 Å². The van der Waals surface area contributed by atoms with Crippen molar-refractivity contribution in [3.8, 4) is 0 Å². The fourth-order valence-electron chi connectivity index (χ4n) is 3.61. The van der Waals surface area contributed by atoms with Crippen LogP contribution in [0, 0.1) is 11.8 Å². The molecular formula is C16H31NO. The van der Waals surface area contributed by atoms with Crippen molar-refractivity contribution >= 4 is 0 Å². The first-order valence-electron chi connectivity index (χ1n) is 8.13. The second-order valence-corrected chi connectivity index (χ2v) is 6.56. The number of nitrogens with one attached hydrogen (secondary N) is 1. The largest absolute Gasteiger partial charge is 0.378 e. The van der Waals surface area contributed by atoms with Crippen molar-refractivity contribution in [2.45, 2.75) is 77.4 Å². The summed E-state index contributed by atoms with van der Waals surface area (Å²) >= 11 is 0. The standard InChI is InChI=1S/C16H31NO/c1-3-9-17-15-7-8-16(11-15)18-12-14-6-4-5-13(2)10-14/h13-17H,3-12H2,1-2H3. The van der Waals surface area contributed by atoms with Crippen LogP contribution in [-0.2, 0) is 4.74 Å². The molecule has 0 aliphatic heterocycles. The lowest BCUT2D eigenvalue weighted by Crippen LogP contribution is -2.28. The average Bonchev–Trinajstić information content (AvgIpc) is 2.82. The van der Waals surface area contributed by atoms with Gasteiger partial charge in [-0.1, -0.05) is 26.7 Å². The quantitative estimate of drug-likeness (QED) is 0.778. The molecule has 0 aromatic heterocycles. The maximum Gasteiger partial charge on any atom is 0.0590 e. The molecule has 2 heteroatoms. The van der Waals surface area contributed by atoms with E-state index in [1.54, 1.807) is 0 Å². The van der Waals surface area contributed by atoms with E-state index in [9.17, 15) is 0 Å². The molecule has 0 bridgehead atoms. The summed E-state index contributed by atoms with van der Waals surface area (Å²) in [6, 6.07) is 0.722. The zero-order valence-corrected chi connectivity index (χ0v) is 12.3. The van der Waals surface area contributed by atoms with Gasteiger partial charge in [0.2, 0.25) is 0 Å². The van der Waals surface area contributed by atoms with E-state index in [1.165, 1.54) is 51.4 Å².